The van der Waals surface area contributed by atoms with Crippen LogP contribution < -0.4 is 0 Å². The summed E-state index contributed by atoms with van der Waals surface area (Å²) in [5.41, 5.74) is -0.477. The molecule has 1 heterocycles. The topological polar surface area (TPSA) is 66.8 Å². The van der Waals surface area contributed by atoms with Gasteiger partial charge in [0, 0.05) is 11.3 Å². The second-order valence-electron chi connectivity index (χ2n) is 5.95. The molecular weight excluding hydrogens is 309 g/mol. The van der Waals surface area contributed by atoms with Crippen molar-refractivity contribution in [3.05, 3.63) is 35.6 Å². The van der Waals surface area contributed by atoms with Gasteiger partial charge in [-0.3, -0.25) is 4.90 Å². The first kappa shape index (κ1) is 16.6. The number of carbonyl (C=O) groups is 2. The van der Waals surface area contributed by atoms with E-state index in [0.717, 1.165) is 4.90 Å². The normalized spacial score (nSPS) is 21.7. The van der Waals surface area contributed by atoms with Gasteiger partial charge in [-0.15, -0.1) is 11.8 Å². The van der Waals surface area contributed by atoms with Gasteiger partial charge in [-0.1, -0.05) is 18.2 Å². The third-order valence-corrected chi connectivity index (χ3v) is 4.37. The highest BCUT2D eigenvalue weighted by atomic mass is 32.2. The molecule has 1 aromatic carbocycles. The summed E-state index contributed by atoms with van der Waals surface area (Å²) in [6.07, 6.45) is -0.752. The Morgan fingerprint density at radius 1 is 1.36 bits per heavy atom. The summed E-state index contributed by atoms with van der Waals surface area (Å²) in [6, 6.07) is 5.00. The van der Waals surface area contributed by atoms with Gasteiger partial charge in [0.15, 0.2) is 0 Å². The minimum absolute atomic E-state index is 0.188. The number of benzene rings is 1. The first-order valence-electron chi connectivity index (χ1n) is 6.81. The van der Waals surface area contributed by atoms with Crippen LogP contribution in [-0.2, 0) is 9.53 Å². The van der Waals surface area contributed by atoms with E-state index in [1.165, 1.54) is 17.8 Å². The van der Waals surface area contributed by atoms with Gasteiger partial charge in [-0.05, 0) is 26.8 Å². The van der Waals surface area contributed by atoms with Crippen LogP contribution in [0.3, 0.4) is 0 Å². The number of halogens is 1. The molecule has 2 atom stereocenters. The zero-order valence-electron chi connectivity index (χ0n) is 12.6. The van der Waals surface area contributed by atoms with Crippen molar-refractivity contribution in [3.8, 4) is 0 Å². The lowest BCUT2D eigenvalue weighted by atomic mass is 10.1. The quantitative estimate of drug-likeness (QED) is 0.903. The molecule has 0 aliphatic carbocycles. The fourth-order valence-corrected chi connectivity index (χ4v) is 3.58. The Bertz CT molecular complexity index is 587. The van der Waals surface area contributed by atoms with Gasteiger partial charge in [0.1, 0.15) is 22.8 Å². The molecule has 1 aliphatic heterocycles. The molecule has 0 radical (unpaired) electrons. The van der Waals surface area contributed by atoms with Crippen LogP contribution in [0.25, 0.3) is 0 Å². The molecule has 1 N–H and O–H groups in total. The molecule has 120 valence electrons. The number of ether oxygens (including phenoxy) is 1. The second-order valence-corrected chi connectivity index (χ2v) is 7.06. The molecule has 5 nitrogen and oxygen atoms in total. The lowest BCUT2D eigenvalue weighted by Crippen LogP contribution is -2.45. The number of carbonyl (C=O) groups excluding carboxylic acids is 1. The van der Waals surface area contributed by atoms with E-state index in [1.54, 1.807) is 39.0 Å². The molecule has 1 saturated heterocycles. The SMILES string of the molecule is CC(C)(C)OC(=O)N1[C@H](C(=O)O)CS[C@H]1c1ccccc1F. The number of hydrogen-bond donors (Lipinski definition) is 1. The van der Waals surface area contributed by atoms with Crippen molar-refractivity contribution in [1.82, 2.24) is 4.90 Å². The first-order chi connectivity index (χ1) is 10.2. The van der Waals surface area contributed by atoms with Crippen LogP contribution in [-0.4, -0.2) is 39.5 Å². The van der Waals surface area contributed by atoms with Crippen molar-refractivity contribution in [2.24, 2.45) is 0 Å². The maximum Gasteiger partial charge on any atom is 0.412 e. The van der Waals surface area contributed by atoms with E-state index in [1.807, 2.05) is 0 Å². The maximum absolute atomic E-state index is 14.0. The van der Waals surface area contributed by atoms with Gasteiger partial charge in [0.05, 0.1) is 0 Å². The number of amides is 1. The smallest absolute Gasteiger partial charge is 0.412 e. The molecule has 0 unspecified atom stereocenters. The van der Waals surface area contributed by atoms with E-state index in [2.05, 4.69) is 0 Å². The summed E-state index contributed by atoms with van der Waals surface area (Å²) in [5.74, 6) is -1.41. The average molecular weight is 327 g/mol. The van der Waals surface area contributed by atoms with Crippen molar-refractivity contribution in [2.45, 2.75) is 37.8 Å². The van der Waals surface area contributed by atoms with Crippen molar-refractivity contribution < 1.29 is 23.8 Å². The summed E-state index contributed by atoms with van der Waals surface area (Å²) in [6.45, 7) is 5.09. The highest BCUT2D eigenvalue weighted by Gasteiger charge is 2.45. The third-order valence-electron chi connectivity index (χ3n) is 3.06. The van der Waals surface area contributed by atoms with Gasteiger partial charge in [-0.25, -0.2) is 14.0 Å². The minimum atomic E-state index is -1.13. The van der Waals surface area contributed by atoms with Crippen LogP contribution in [0.1, 0.15) is 31.7 Å². The first-order valence-corrected chi connectivity index (χ1v) is 7.86. The highest BCUT2D eigenvalue weighted by molar-refractivity contribution is 7.99. The number of thioether (sulfide) groups is 1. The Hall–Kier alpha value is -1.76. The fraction of sp³-hybridized carbons (Fsp3) is 0.467. The number of hydrogen-bond acceptors (Lipinski definition) is 4. The van der Waals surface area contributed by atoms with Crippen molar-refractivity contribution >= 4 is 23.8 Å². The van der Waals surface area contributed by atoms with Gasteiger partial charge >= 0.3 is 12.1 Å². The minimum Gasteiger partial charge on any atom is -0.480 e. The van der Waals surface area contributed by atoms with E-state index < -0.39 is 34.9 Å². The molecule has 0 spiro atoms. The van der Waals surface area contributed by atoms with Gasteiger partial charge in [0.25, 0.3) is 0 Å². The molecule has 1 aliphatic rings. The van der Waals surface area contributed by atoms with Crippen LogP contribution in [0.15, 0.2) is 24.3 Å². The summed E-state index contributed by atoms with van der Waals surface area (Å²) < 4.78 is 19.3. The Balaban J connectivity index is 2.35. The Kier molecular flexibility index (Phi) is 4.65. The van der Waals surface area contributed by atoms with E-state index in [-0.39, 0.29) is 11.3 Å². The fourth-order valence-electron chi connectivity index (χ4n) is 2.15. The molecule has 22 heavy (non-hydrogen) atoms. The molecule has 7 heteroatoms. The summed E-state index contributed by atoms with van der Waals surface area (Å²) >= 11 is 1.21. The van der Waals surface area contributed by atoms with Crippen LogP contribution in [0.5, 0.6) is 0 Å². The van der Waals surface area contributed by atoms with Crippen LogP contribution in [0.4, 0.5) is 9.18 Å². The van der Waals surface area contributed by atoms with Crippen LogP contribution in [0.2, 0.25) is 0 Å². The van der Waals surface area contributed by atoms with Crippen molar-refractivity contribution in [3.63, 3.8) is 0 Å². The lowest BCUT2D eigenvalue weighted by Gasteiger charge is -2.30. The average Bonchev–Trinajstić information content (AvgIpc) is 2.82. The highest BCUT2D eigenvalue weighted by Crippen LogP contribution is 2.43. The molecule has 0 aromatic heterocycles. The summed E-state index contributed by atoms with van der Waals surface area (Å²) in [5, 5.41) is 8.60. The monoisotopic (exact) mass is 327 g/mol. The van der Waals surface area contributed by atoms with E-state index in [4.69, 9.17) is 4.74 Å². The van der Waals surface area contributed by atoms with E-state index in [0.29, 0.717) is 0 Å². The second kappa shape index (κ2) is 6.16. The van der Waals surface area contributed by atoms with E-state index in [9.17, 15) is 19.1 Å². The molecule has 2 rings (SSSR count). The number of aliphatic carboxylic acids is 1. The number of nitrogens with zero attached hydrogens (tertiary/aromatic N) is 1. The molecule has 1 fully saturated rings. The zero-order chi connectivity index (χ0) is 16.5. The summed E-state index contributed by atoms with van der Waals surface area (Å²) in [4.78, 5) is 24.9. The molecule has 1 aromatic rings. The van der Waals surface area contributed by atoms with Crippen LogP contribution in [0, 0.1) is 5.82 Å². The maximum atomic E-state index is 14.0. The van der Waals surface area contributed by atoms with Crippen LogP contribution >= 0.6 is 11.8 Å². The number of rotatable bonds is 2. The predicted octanol–water partition coefficient (Wildman–Crippen LogP) is 3.26. The molecule has 0 saturated carbocycles. The van der Waals surface area contributed by atoms with Gasteiger partial charge < -0.3 is 9.84 Å². The van der Waals surface area contributed by atoms with Crippen molar-refractivity contribution in [1.29, 1.82) is 0 Å². The lowest BCUT2D eigenvalue weighted by molar-refractivity contribution is -0.142. The Labute approximate surface area is 132 Å². The number of carboxylic acids is 1. The third kappa shape index (κ3) is 3.52. The molecule has 1 amide bonds. The Morgan fingerprint density at radius 2 is 2.00 bits per heavy atom. The Morgan fingerprint density at radius 3 is 2.55 bits per heavy atom. The van der Waals surface area contributed by atoms with Gasteiger partial charge in [0.2, 0.25) is 0 Å². The van der Waals surface area contributed by atoms with E-state index >= 15 is 0 Å². The standard InChI is InChI=1S/C15H18FNO4S/c1-15(2,3)21-14(20)17-11(13(18)19)8-22-12(17)9-6-4-5-7-10(9)16/h4-7,11-12H,8H2,1-3H3,(H,18,19)/t11-,12-/m0/s1. The zero-order valence-corrected chi connectivity index (χ0v) is 13.4. The predicted molar refractivity (Wildman–Crippen MR) is 81.1 cm³/mol. The number of carboxylic acid groups (broad SMARTS) is 1. The molecule has 0 bridgehead atoms. The largest absolute Gasteiger partial charge is 0.480 e. The molecular formula is C15H18FNO4S. The van der Waals surface area contributed by atoms with Crippen molar-refractivity contribution in [2.75, 3.05) is 5.75 Å². The van der Waals surface area contributed by atoms with Gasteiger partial charge in [-0.2, -0.15) is 0 Å². The summed E-state index contributed by atoms with van der Waals surface area (Å²) in [7, 11) is 0.